The Labute approximate surface area is 193 Å². The van der Waals surface area contributed by atoms with E-state index in [1.165, 1.54) is 0 Å². The average molecular weight is 455 g/mol. The Hall–Kier alpha value is -2.57. The minimum absolute atomic E-state index is 0.0619. The Balaban J connectivity index is 0. The van der Waals surface area contributed by atoms with Gasteiger partial charge < -0.3 is 19.3 Å². The highest BCUT2D eigenvalue weighted by molar-refractivity contribution is 5.69. The topological polar surface area (TPSA) is 99.1 Å². The lowest BCUT2D eigenvalue weighted by atomic mass is 10.1. The summed E-state index contributed by atoms with van der Waals surface area (Å²) >= 11 is 0. The van der Waals surface area contributed by atoms with E-state index in [-0.39, 0.29) is 11.9 Å². The summed E-state index contributed by atoms with van der Waals surface area (Å²) in [7, 11) is 0. The third kappa shape index (κ3) is 25.5. The van der Waals surface area contributed by atoms with Crippen LogP contribution in [0.25, 0.3) is 0 Å². The molecule has 32 heavy (non-hydrogen) atoms. The number of rotatable bonds is 13. The number of esters is 2. The maximum absolute atomic E-state index is 10.8. The first-order chi connectivity index (χ1) is 15.3. The molecule has 1 aromatic carbocycles. The lowest BCUT2D eigenvalue weighted by molar-refractivity contribution is -0.144. The highest BCUT2D eigenvalue weighted by Gasteiger charge is 2.00. The largest absolute Gasteiger partial charge is 0.490 e. The molecule has 184 valence electrons. The molecule has 0 aliphatic carbocycles. The van der Waals surface area contributed by atoms with Crippen molar-refractivity contribution in [1.29, 1.82) is 0 Å². The molecule has 0 spiro atoms. The van der Waals surface area contributed by atoms with E-state index in [2.05, 4.69) is 13.8 Å². The number of hydrogen-bond donors (Lipinski definition) is 1. The fourth-order valence-corrected chi connectivity index (χ4v) is 1.95. The van der Waals surface area contributed by atoms with Gasteiger partial charge in [-0.15, -0.1) is 0 Å². The van der Waals surface area contributed by atoms with Crippen LogP contribution < -0.4 is 4.74 Å². The van der Waals surface area contributed by atoms with Gasteiger partial charge in [-0.05, 0) is 37.3 Å². The fourth-order valence-electron chi connectivity index (χ4n) is 1.95. The molecule has 0 radical (unpaired) electrons. The van der Waals surface area contributed by atoms with Crippen LogP contribution in [-0.4, -0.2) is 42.8 Å². The van der Waals surface area contributed by atoms with Gasteiger partial charge in [-0.3, -0.25) is 14.4 Å². The highest BCUT2D eigenvalue weighted by atomic mass is 16.6. The summed E-state index contributed by atoms with van der Waals surface area (Å²) in [6.45, 7) is 11.2. The summed E-state index contributed by atoms with van der Waals surface area (Å²) in [5.41, 5.74) is 0. The van der Waals surface area contributed by atoms with Gasteiger partial charge in [0.05, 0.1) is 6.61 Å². The van der Waals surface area contributed by atoms with E-state index in [9.17, 15) is 14.4 Å². The summed E-state index contributed by atoms with van der Waals surface area (Å²) in [4.78, 5) is 31.3. The normalized spacial score (nSPS) is 9.56. The van der Waals surface area contributed by atoms with Crippen molar-refractivity contribution in [2.24, 2.45) is 5.92 Å². The summed E-state index contributed by atoms with van der Waals surface area (Å²) in [5.74, 6) is 0.459. The Bertz CT molecular complexity index is 585. The molecule has 0 aromatic heterocycles. The number of unbranched alkanes of at least 4 members (excludes halogenated alkanes) is 1. The Morgan fingerprint density at radius 1 is 0.844 bits per heavy atom. The van der Waals surface area contributed by atoms with Crippen molar-refractivity contribution in [2.75, 3.05) is 19.8 Å². The van der Waals surface area contributed by atoms with Crippen molar-refractivity contribution < 1.29 is 33.7 Å². The van der Waals surface area contributed by atoms with Crippen LogP contribution in [0.3, 0.4) is 0 Å². The van der Waals surface area contributed by atoms with Gasteiger partial charge in [0, 0.05) is 19.3 Å². The third-order valence-corrected chi connectivity index (χ3v) is 3.80. The highest BCUT2D eigenvalue weighted by Crippen LogP contribution is 2.07. The minimum atomic E-state index is -0.693. The molecule has 0 fully saturated rings. The van der Waals surface area contributed by atoms with Gasteiger partial charge in [-0.2, -0.15) is 0 Å². The first-order valence-electron chi connectivity index (χ1n) is 11.5. The Morgan fingerprint density at radius 2 is 1.47 bits per heavy atom. The zero-order chi connectivity index (χ0) is 24.6. The molecule has 0 atom stereocenters. The number of para-hydroxylation sites is 1. The molecule has 7 heteroatoms. The number of carbonyl (C=O) groups excluding carboxylic acids is 2. The summed E-state index contributed by atoms with van der Waals surface area (Å²) in [6.07, 6.45) is 4.89. The van der Waals surface area contributed by atoms with Gasteiger partial charge in [0.1, 0.15) is 19.0 Å². The quantitative estimate of drug-likeness (QED) is 0.303. The first-order valence-corrected chi connectivity index (χ1v) is 11.5. The van der Waals surface area contributed by atoms with E-state index in [4.69, 9.17) is 19.3 Å². The van der Waals surface area contributed by atoms with Crippen LogP contribution in [0, 0.1) is 5.92 Å². The van der Waals surface area contributed by atoms with E-state index in [0.717, 1.165) is 31.4 Å². The van der Waals surface area contributed by atoms with Crippen molar-refractivity contribution in [1.82, 2.24) is 0 Å². The van der Waals surface area contributed by atoms with Crippen LogP contribution in [0.15, 0.2) is 30.3 Å². The molecule has 1 aromatic rings. The number of aliphatic carboxylic acids is 1. The molecule has 0 aliphatic rings. The van der Waals surface area contributed by atoms with Gasteiger partial charge in [-0.1, -0.05) is 59.2 Å². The van der Waals surface area contributed by atoms with Gasteiger partial charge >= 0.3 is 17.9 Å². The van der Waals surface area contributed by atoms with Gasteiger partial charge in [0.25, 0.3) is 0 Å². The lowest BCUT2D eigenvalue weighted by Crippen LogP contribution is -2.10. The van der Waals surface area contributed by atoms with Crippen molar-refractivity contribution in [3.8, 4) is 5.75 Å². The lowest BCUT2D eigenvalue weighted by Gasteiger charge is -2.05. The molecule has 0 aliphatic heterocycles. The second-order valence-electron chi connectivity index (χ2n) is 7.39. The minimum Gasteiger partial charge on any atom is -0.490 e. The van der Waals surface area contributed by atoms with Crippen LogP contribution in [0.4, 0.5) is 0 Å². The van der Waals surface area contributed by atoms with Crippen molar-refractivity contribution in [3.05, 3.63) is 30.3 Å². The Kier molecular flexibility index (Phi) is 22.8. The molecular weight excluding hydrogens is 412 g/mol. The standard InChI is InChI=1S/C11H14O3.C9H18O2.C5H10O2/c1-2-11(12)14-9-8-13-10-6-4-3-5-7-10;1-4-5-9(10)11-7-6-8(2)3;1-2-3-4-5(6)7/h3-7H,2,8-9H2,1H3;8H,4-7H2,1-3H3;2-4H2,1H3,(H,6,7). The van der Waals surface area contributed by atoms with Gasteiger partial charge in [0.15, 0.2) is 0 Å². The Morgan fingerprint density at radius 3 is 1.94 bits per heavy atom. The van der Waals surface area contributed by atoms with Crippen LogP contribution in [0.1, 0.15) is 79.6 Å². The molecule has 1 rings (SSSR count). The molecular formula is C25H42O7. The SMILES string of the molecule is CCC(=O)OCCOc1ccccc1.CCCC(=O)OCCC(C)C.CCCCC(=O)O. The zero-order valence-electron chi connectivity index (χ0n) is 20.4. The predicted molar refractivity (Wildman–Crippen MR) is 126 cm³/mol. The smallest absolute Gasteiger partial charge is 0.305 e. The molecule has 0 unspecified atom stereocenters. The molecule has 7 nitrogen and oxygen atoms in total. The molecule has 1 N–H and O–H groups in total. The first kappa shape index (κ1) is 31.6. The van der Waals surface area contributed by atoms with Crippen molar-refractivity contribution in [3.63, 3.8) is 0 Å². The monoisotopic (exact) mass is 454 g/mol. The van der Waals surface area contributed by atoms with Crippen molar-refractivity contribution >= 4 is 17.9 Å². The van der Waals surface area contributed by atoms with Gasteiger partial charge in [-0.25, -0.2) is 0 Å². The van der Waals surface area contributed by atoms with E-state index in [1.807, 2.05) is 44.2 Å². The number of hydrogen-bond acceptors (Lipinski definition) is 6. The number of carbonyl (C=O) groups is 3. The molecule has 0 saturated heterocycles. The van der Waals surface area contributed by atoms with E-state index in [1.54, 1.807) is 6.92 Å². The molecule has 0 amide bonds. The second-order valence-corrected chi connectivity index (χ2v) is 7.39. The maximum atomic E-state index is 10.8. The van der Waals surface area contributed by atoms with Crippen molar-refractivity contribution in [2.45, 2.75) is 79.6 Å². The van der Waals surface area contributed by atoms with Crippen LogP contribution in [0.2, 0.25) is 0 Å². The summed E-state index contributed by atoms with van der Waals surface area (Å²) in [5, 5.41) is 8.04. The van der Waals surface area contributed by atoms with Gasteiger partial charge in [0.2, 0.25) is 0 Å². The summed E-state index contributed by atoms with van der Waals surface area (Å²) in [6, 6.07) is 9.44. The molecule has 0 bridgehead atoms. The average Bonchev–Trinajstić information content (AvgIpc) is 2.76. The zero-order valence-corrected chi connectivity index (χ0v) is 20.4. The number of ether oxygens (including phenoxy) is 3. The third-order valence-electron chi connectivity index (χ3n) is 3.80. The summed E-state index contributed by atoms with van der Waals surface area (Å²) < 4.78 is 15.1. The predicted octanol–water partition coefficient (Wildman–Crippen LogP) is 5.66. The van der Waals surface area contributed by atoms with Crippen LogP contribution >= 0.6 is 0 Å². The van der Waals surface area contributed by atoms with E-state index >= 15 is 0 Å². The molecule has 0 heterocycles. The van der Waals surface area contributed by atoms with Crippen LogP contribution in [-0.2, 0) is 23.9 Å². The molecule has 0 saturated carbocycles. The number of benzene rings is 1. The number of carboxylic acid groups (broad SMARTS) is 1. The van der Waals surface area contributed by atoms with Crippen LogP contribution in [0.5, 0.6) is 5.75 Å². The second kappa shape index (κ2) is 23.1. The van der Waals surface area contributed by atoms with E-state index < -0.39 is 5.97 Å². The fraction of sp³-hybridized carbons (Fsp3) is 0.640. The van der Waals surface area contributed by atoms with E-state index in [0.29, 0.717) is 45.0 Å². The maximum Gasteiger partial charge on any atom is 0.305 e. The number of carboxylic acids is 1.